The van der Waals surface area contributed by atoms with Gasteiger partial charge in [-0.3, -0.25) is 14.4 Å². The van der Waals surface area contributed by atoms with E-state index in [0.717, 1.165) is 116 Å². The average molecular weight is 765 g/mol. The Bertz CT molecular complexity index is 1110. The van der Waals surface area contributed by atoms with Gasteiger partial charge in [0.1, 0.15) is 13.2 Å². The van der Waals surface area contributed by atoms with Crippen LogP contribution in [0.2, 0.25) is 0 Å². The lowest BCUT2D eigenvalue weighted by atomic mass is 10.1. The van der Waals surface area contributed by atoms with E-state index in [4.69, 9.17) is 14.2 Å². The van der Waals surface area contributed by atoms with Gasteiger partial charge in [-0.05, 0) is 103 Å². The zero-order valence-corrected chi connectivity index (χ0v) is 35.4. The van der Waals surface area contributed by atoms with E-state index in [1.807, 2.05) is 0 Å². The topological polar surface area (TPSA) is 78.9 Å². The van der Waals surface area contributed by atoms with Crippen molar-refractivity contribution < 1.29 is 28.6 Å². The molecule has 0 saturated carbocycles. The van der Waals surface area contributed by atoms with Gasteiger partial charge in [-0.1, -0.05) is 151 Å². The molecule has 0 fully saturated rings. The minimum Gasteiger partial charge on any atom is -0.462 e. The molecule has 55 heavy (non-hydrogen) atoms. The van der Waals surface area contributed by atoms with E-state index < -0.39 is 6.10 Å². The molecule has 0 aromatic rings. The summed E-state index contributed by atoms with van der Waals surface area (Å²) in [6, 6.07) is 0. The molecule has 0 spiro atoms. The second-order valence-corrected chi connectivity index (χ2v) is 14.2. The van der Waals surface area contributed by atoms with E-state index in [0.29, 0.717) is 25.7 Å². The van der Waals surface area contributed by atoms with Gasteiger partial charge >= 0.3 is 17.9 Å². The first-order chi connectivity index (χ1) is 27.0. The van der Waals surface area contributed by atoms with Crippen molar-refractivity contribution in [3.8, 4) is 0 Å². The molecule has 312 valence electrons. The van der Waals surface area contributed by atoms with Crippen LogP contribution in [-0.4, -0.2) is 37.2 Å². The minimum atomic E-state index is -0.806. The van der Waals surface area contributed by atoms with Crippen LogP contribution in [0.1, 0.15) is 188 Å². The van der Waals surface area contributed by atoms with Crippen LogP contribution in [0.5, 0.6) is 0 Å². The maximum absolute atomic E-state index is 12.7. The van der Waals surface area contributed by atoms with E-state index in [9.17, 15) is 14.4 Å². The van der Waals surface area contributed by atoms with Crippen LogP contribution in [0.25, 0.3) is 0 Å². The van der Waals surface area contributed by atoms with Crippen molar-refractivity contribution in [2.75, 3.05) is 13.2 Å². The van der Waals surface area contributed by atoms with Gasteiger partial charge < -0.3 is 14.2 Å². The fourth-order valence-electron chi connectivity index (χ4n) is 5.59. The third-order valence-corrected chi connectivity index (χ3v) is 8.86. The molecule has 0 aromatic heterocycles. The van der Waals surface area contributed by atoms with Gasteiger partial charge in [0.25, 0.3) is 0 Å². The molecule has 0 N–H and O–H groups in total. The largest absolute Gasteiger partial charge is 0.462 e. The van der Waals surface area contributed by atoms with E-state index >= 15 is 0 Å². The lowest BCUT2D eigenvalue weighted by Crippen LogP contribution is -2.30. The second-order valence-electron chi connectivity index (χ2n) is 14.2. The van der Waals surface area contributed by atoms with Gasteiger partial charge in [0.05, 0.1) is 0 Å². The van der Waals surface area contributed by atoms with Crippen molar-refractivity contribution in [3.05, 3.63) is 85.1 Å². The first-order valence-electron chi connectivity index (χ1n) is 22.1. The average Bonchev–Trinajstić information content (AvgIpc) is 3.18. The van der Waals surface area contributed by atoms with Crippen molar-refractivity contribution in [3.63, 3.8) is 0 Å². The van der Waals surface area contributed by atoms with Crippen molar-refractivity contribution in [1.29, 1.82) is 0 Å². The first-order valence-corrected chi connectivity index (χ1v) is 22.1. The van der Waals surface area contributed by atoms with Gasteiger partial charge in [0.15, 0.2) is 6.10 Å². The highest BCUT2D eigenvalue weighted by Crippen LogP contribution is 2.11. The summed E-state index contributed by atoms with van der Waals surface area (Å²) in [5, 5.41) is 0. The number of rotatable bonds is 38. The second kappa shape index (κ2) is 43.3. The molecule has 0 bridgehead atoms. The molecule has 0 amide bonds. The fourth-order valence-corrected chi connectivity index (χ4v) is 5.59. The molecule has 6 nitrogen and oxygen atoms in total. The number of hydrogen-bond acceptors (Lipinski definition) is 6. The van der Waals surface area contributed by atoms with Gasteiger partial charge in [-0.25, -0.2) is 0 Å². The van der Waals surface area contributed by atoms with Crippen LogP contribution in [0.3, 0.4) is 0 Å². The molecular formula is C49H80O6. The number of esters is 3. The van der Waals surface area contributed by atoms with Gasteiger partial charge in [-0.15, -0.1) is 0 Å². The molecular weight excluding hydrogens is 685 g/mol. The maximum Gasteiger partial charge on any atom is 0.306 e. The SMILES string of the molecule is CC/C=C\C/C=C\C/C=C\CCCCCCC(=O)OCC(COC(=O)CCC/C=C\CCCCCC)OC(=O)CCCCCC/C=C\C/C=C\C/C=C\CC. The summed E-state index contributed by atoms with van der Waals surface area (Å²) in [4.78, 5) is 37.6. The Morgan fingerprint density at radius 2 is 0.727 bits per heavy atom. The normalized spacial score (nSPS) is 12.9. The molecule has 1 atom stereocenters. The summed E-state index contributed by atoms with van der Waals surface area (Å²) in [6.07, 6.45) is 54.3. The number of hydrogen-bond donors (Lipinski definition) is 0. The van der Waals surface area contributed by atoms with Crippen LogP contribution in [0.15, 0.2) is 85.1 Å². The Kier molecular flexibility index (Phi) is 40.6. The number of carbonyl (C=O) groups is 3. The quantitative estimate of drug-likeness (QED) is 0.0270. The number of allylic oxidation sites excluding steroid dienone is 14. The molecule has 0 aliphatic rings. The lowest BCUT2D eigenvalue weighted by molar-refractivity contribution is -0.167. The van der Waals surface area contributed by atoms with E-state index in [2.05, 4.69) is 106 Å². The molecule has 6 heteroatoms. The molecule has 0 heterocycles. The van der Waals surface area contributed by atoms with Crippen LogP contribution in [0, 0.1) is 0 Å². The number of ether oxygens (including phenoxy) is 3. The third-order valence-electron chi connectivity index (χ3n) is 8.86. The van der Waals surface area contributed by atoms with Gasteiger partial charge in [0, 0.05) is 19.3 Å². The van der Waals surface area contributed by atoms with Crippen LogP contribution < -0.4 is 0 Å². The van der Waals surface area contributed by atoms with E-state index in [1.165, 1.54) is 25.7 Å². The van der Waals surface area contributed by atoms with Crippen molar-refractivity contribution in [2.45, 2.75) is 194 Å². The van der Waals surface area contributed by atoms with Crippen LogP contribution in [0.4, 0.5) is 0 Å². The Morgan fingerprint density at radius 1 is 0.382 bits per heavy atom. The summed E-state index contributed by atoms with van der Waals surface area (Å²) < 4.78 is 16.6. The molecule has 0 aromatic carbocycles. The smallest absolute Gasteiger partial charge is 0.306 e. The van der Waals surface area contributed by atoms with Crippen molar-refractivity contribution in [1.82, 2.24) is 0 Å². The molecule has 0 aliphatic carbocycles. The standard InChI is InChI=1S/C49H80O6/c1-4-7-10-13-16-19-21-23-25-27-30-33-36-39-42-48(51)54-45-46(44-53-47(50)41-38-35-32-29-18-15-12-9-6-3)55-49(52)43-40-37-34-31-28-26-24-22-20-17-14-11-8-5-2/h7-8,10-11,16-17,19-20,23-26,29,32,46H,4-6,9,12-15,18,21-22,27-28,30-31,33-45H2,1-3H3/b10-7-,11-8-,19-16-,20-17-,25-23-,26-24-,32-29-. The highest BCUT2D eigenvalue weighted by molar-refractivity contribution is 5.71. The fraction of sp³-hybridized carbons (Fsp3) is 0.653. The Morgan fingerprint density at radius 3 is 1.18 bits per heavy atom. The zero-order valence-electron chi connectivity index (χ0n) is 35.4. The van der Waals surface area contributed by atoms with E-state index in [1.54, 1.807) is 0 Å². The Hall–Kier alpha value is -3.41. The lowest BCUT2D eigenvalue weighted by Gasteiger charge is -2.18. The maximum atomic E-state index is 12.7. The summed E-state index contributed by atoms with van der Waals surface area (Å²) in [6.45, 7) is 6.28. The molecule has 1 unspecified atom stereocenters. The Balaban J connectivity index is 4.48. The van der Waals surface area contributed by atoms with Gasteiger partial charge in [-0.2, -0.15) is 0 Å². The zero-order chi connectivity index (χ0) is 40.1. The molecule has 0 radical (unpaired) electrons. The third kappa shape index (κ3) is 41.6. The van der Waals surface area contributed by atoms with Crippen LogP contribution >= 0.6 is 0 Å². The van der Waals surface area contributed by atoms with Gasteiger partial charge in [0.2, 0.25) is 0 Å². The first kappa shape index (κ1) is 51.6. The summed E-state index contributed by atoms with van der Waals surface area (Å²) in [7, 11) is 0. The van der Waals surface area contributed by atoms with Crippen LogP contribution in [-0.2, 0) is 28.6 Å². The monoisotopic (exact) mass is 765 g/mol. The number of carbonyl (C=O) groups excluding carboxylic acids is 3. The molecule has 0 aliphatic heterocycles. The minimum absolute atomic E-state index is 0.107. The summed E-state index contributed by atoms with van der Waals surface area (Å²) >= 11 is 0. The predicted molar refractivity (Wildman–Crippen MR) is 233 cm³/mol. The summed E-state index contributed by atoms with van der Waals surface area (Å²) in [5.41, 5.74) is 0. The Labute approximate surface area is 337 Å². The van der Waals surface area contributed by atoms with E-state index in [-0.39, 0.29) is 31.1 Å². The number of unbranched alkanes of at least 4 members (excludes halogenated alkanes) is 13. The molecule has 0 saturated heterocycles. The molecule has 0 rings (SSSR count). The van der Waals surface area contributed by atoms with Crippen molar-refractivity contribution in [2.24, 2.45) is 0 Å². The van der Waals surface area contributed by atoms with Crippen molar-refractivity contribution >= 4 is 17.9 Å². The highest BCUT2D eigenvalue weighted by Gasteiger charge is 2.19. The highest BCUT2D eigenvalue weighted by atomic mass is 16.6. The summed E-state index contributed by atoms with van der Waals surface area (Å²) in [5.74, 6) is -0.997. The predicted octanol–water partition coefficient (Wildman–Crippen LogP) is 14.1.